The van der Waals surface area contributed by atoms with Crippen LogP contribution in [0.5, 0.6) is 0 Å². The molecule has 3 atom stereocenters. The fourth-order valence-electron chi connectivity index (χ4n) is 3.71. The van der Waals surface area contributed by atoms with Crippen molar-refractivity contribution in [1.29, 1.82) is 0 Å². The summed E-state index contributed by atoms with van der Waals surface area (Å²) in [5, 5.41) is 16.2. The lowest BCUT2D eigenvalue weighted by molar-refractivity contribution is -0.124. The van der Waals surface area contributed by atoms with Crippen LogP contribution >= 0.6 is 0 Å². The van der Waals surface area contributed by atoms with Gasteiger partial charge in [-0.25, -0.2) is 0 Å². The molecule has 2 amide bonds. The highest BCUT2D eigenvalue weighted by Gasteiger charge is 2.34. The molecule has 160 valence electrons. The zero-order chi connectivity index (χ0) is 21.5. The Morgan fingerprint density at radius 3 is 2.50 bits per heavy atom. The molecular formula is C23H30N4O3. The lowest BCUT2D eigenvalue weighted by atomic mass is 10.0. The van der Waals surface area contributed by atoms with Gasteiger partial charge in [0.2, 0.25) is 5.91 Å². The Bertz CT molecular complexity index is 829. The maximum absolute atomic E-state index is 12.9. The molecule has 0 spiro atoms. The quantitative estimate of drug-likeness (QED) is 0.614. The number of aliphatic hydroxyl groups excluding tert-OH is 1. The molecule has 0 aliphatic carbocycles. The number of aromatic nitrogens is 1. The van der Waals surface area contributed by atoms with Gasteiger partial charge < -0.3 is 15.7 Å². The standard InChI is InChI=1S/C23H30N4O3/c1-16(2)12-19(25-22(29)18-8-10-24-11-9-18)23(30)26-20-14-27(15-21(20)28)13-17-6-4-3-5-7-17/h3-11,16,19-21,28H,12-15H2,1-2H3,(H,25,29)(H,26,30)/t19-,20?,21?/m0/s1. The van der Waals surface area contributed by atoms with Crippen LogP contribution in [0.2, 0.25) is 0 Å². The third-order valence-electron chi connectivity index (χ3n) is 5.21. The molecule has 1 aromatic heterocycles. The minimum Gasteiger partial charge on any atom is -0.390 e. The van der Waals surface area contributed by atoms with Crippen molar-refractivity contribution in [3.05, 3.63) is 66.0 Å². The SMILES string of the molecule is CC(C)C[C@H](NC(=O)c1ccncc1)C(=O)NC1CN(Cc2ccccc2)CC1O. The summed E-state index contributed by atoms with van der Waals surface area (Å²) < 4.78 is 0. The number of nitrogens with zero attached hydrogens (tertiary/aromatic N) is 2. The highest BCUT2D eigenvalue weighted by atomic mass is 16.3. The molecule has 1 aliphatic rings. The summed E-state index contributed by atoms with van der Waals surface area (Å²) in [5.74, 6) is -0.353. The third-order valence-corrected chi connectivity index (χ3v) is 5.21. The molecule has 7 heteroatoms. The number of likely N-dealkylation sites (tertiary alicyclic amines) is 1. The fraction of sp³-hybridized carbons (Fsp3) is 0.435. The van der Waals surface area contributed by atoms with Crippen molar-refractivity contribution in [2.24, 2.45) is 5.92 Å². The van der Waals surface area contributed by atoms with Crippen LogP contribution in [0.25, 0.3) is 0 Å². The van der Waals surface area contributed by atoms with Crippen LogP contribution in [0.3, 0.4) is 0 Å². The van der Waals surface area contributed by atoms with E-state index in [4.69, 9.17) is 0 Å². The first-order valence-electron chi connectivity index (χ1n) is 10.4. The number of pyridine rings is 1. The van der Waals surface area contributed by atoms with E-state index in [0.29, 0.717) is 25.1 Å². The zero-order valence-corrected chi connectivity index (χ0v) is 17.5. The molecule has 2 aromatic rings. The lowest BCUT2D eigenvalue weighted by Crippen LogP contribution is -2.52. The average molecular weight is 411 g/mol. The second-order valence-corrected chi connectivity index (χ2v) is 8.25. The molecule has 0 radical (unpaired) electrons. The lowest BCUT2D eigenvalue weighted by Gasteiger charge is -2.23. The average Bonchev–Trinajstić information content (AvgIpc) is 3.07. The second-order valence-electron chi connectivity index (χ2n) is 8.25. The van der Waals surface area contributed by atoms with Crippen LogP contribution in [0.15, 0.2) is 54.9 Å². The van der Waals surface area contributed by atoms with E-state index in [1.807, 2.05) is 44.2 Å². The number of benzene rings is 1. The zero-order valence-electron chi connectivity index (χ0n) is 17.5. The first-order valence-corrected chi connectivity index (χ1v) is 10.4. The number of hydrogen-bond acceptors (Lipinski definition) is 5. The van der Waals surface area contributed by atoms with E-state index >= 15 is 0 Å². The van der Waals surface area contributed by atoms with Gasteiger partial charge in [0.05, 0.1) is 12.1 Å². The minimum absolute atomic E-state index is 0.224. The van der Waals surface area contributed by atoms with Crippen molar-refractivity contribution in [3.8, 4) is 0 Å². The van der Waals surface area contributed by atoms with Crippen LogP contribution in [0.1, 0.15) is 36.2 Å². The molecule has 30 heavy (non-hydrogen) atoms. The van der Waals surface area contributed by atoms with Crippen LogP contribution in [-0.2, 0) is 11.3 Å². The van der Waals surface area contributed by atoms with Gasteiger partial charge in [0.1, 0.15) is 6.04 Å². The van der Waals surface area contributed by atoms with Gasteiger partial charge in [0, 0.05) is 37.6 Å². The van der Waals surface area contributed by atoms with E-state index in [0.717, 1.165) is 6.54 Å². The highest BCUT2D eigenvalue weighted by molar-refractivity contribution is 5.97. The van der Waals surface area contributed by atoms with E-state index < -0.39 is 12.1 Å². The number of nitrogens with one attached hydrogen (secondary N) is 2. The van der Waals surface area contributed by atoms with Crippen LogP contribution < -0.4 is 10.6 Å². The third kappa shape index (κ3) is 6.11. The summed E-state index contributed by atoms with van der Waals surface area (Å²) >= 11 is 0. The number of amides is 2. The molecule has 0 saturated carbocycles. The first-order chi connectivity index (χ1) is 14.4. The highest BCUT2D eigenvalue weighted by Crippen LogP contribution is 2.15. The van der Waals surface area contributed by atoms with E-state index in [1.165, 1.54) is 5.56 Å². The summed E-state index contributed by atoms with van der Waals surface area (Å²) in [7, 11) is 0. The van der Waals surface area contributed by atoms with Gasteiger partial charge >= 0.3 is 0 Å². The van der Waals surface area contributed by atoms with Crippen molar-refractivity contribution in [3.63, 3.8) is 0 Å². The molecule has 1 aromatic carbocycles. The molecule has 3 rings (SSSR count). The van der Waals surface area contributed by atoms with E-state index in [-0.39, 0.29) is 23.8 Å². The topological polar surface area (TPSA) is 94.6 Å². The molecule has 0 bridgehead atoms. The van der Waals surface area contributed by atoms with E-state index in [9.17, 15) is 14.7 Å². The first kappa shape index (κ1) is 21.9. The van der Waals surface area contributed by atoms with Gasteiger partial charge in [-0.3, -0.25) is 19.5 Å². The Kier molecular flexibility index (Phi) is 7.54. The predicted octanol–water partition coefficient (Wildman–Crippen LogP) is 1.59. The van der Waals surface area contributed by atoms with Gasteiger partial charge in [-0.15, -0.1) is 0 Å². The Morgan fingerprint density at radius 1 is 1.13 bits per heavy atom. The molecule has 1 fully saturated rings. The van der Waals surface area contributed by atoms with Crippen molar-refractivity contribution in [2.75, 3.05) is 13.1 Å². The van der Waals surface area contributed by atoms with Gasteiger partial charge in [-0.2, -0.15) is 0 Å². The van der Waals surface area contributed by atoms with Gasteiger partial charge in [-0.1, -0.05) is 44.2 Å². The molecular weight excluding hydrogens is 380 g/mol. The number of β-amino-alcohol motifs (C(OH)–C–C–N with tert-alkyl or cyclic N) is 1. The number of rotatable bonds is 8. The molecule has 2 unspecified atom stereocenters. The van der Waals surface area contributed by atoms with Crippen molar-refractivity contribution < 1.29 is 14.7 Å². The molecule has 1 saturated heterocycles. The van der Waals surface area contributed by atoms with E-state index in [1.54, 1.807) is 24.5 Å². The second kappa shape index (κ2) is 10.3. The Hall–Kier alpha value is -2.77. The Balaban J connectivity index is 1.60. The number of aliphatic hydroxyl groups is 1. The minimum atomic E-state index is -0.666. The van der Waals surface area contributed by atoms with Gasteiger partial charge in [0.15, 0.2) is 0 Å². The summed E-state index contributed by atoms with van der Waals surface area (Å²) in [6, 6.07) is 12.2. The normalized spacial score (nSPS) is 20.1. The largest absolute Gasteiger partial charge is 0.390 e. The van der Waals surface area contributed by atoms with Crippen LogP contribution in [0, 0.1) is 5.92 Å². The number of carbonyl (C=O) groups excluding carboxylic acids is 2. The molecule has 1 aliphatic heterocycles. The van der Waals surface area contributed by atoms with Crippen LogP contribution in [-0.4, -0.2) is 58.1 Å². The number of carbonyl (C=O) groups is 2. The molecule has 3 N–H and O–H groups in total. The molecule has 7 nitrogen and oxygen atoms in total. The van der Waals surface area contributed by atoms with E-state index in [2.05, 4.69) is 20.5 Å². The fourth-order valence-corrected chi connectivity index (χ4v) is 3.71. The van der Waals surface area contributed by atoms with Gasteiger partial charge in [0.25, 0.3) is 5.91 Å². The van der Waals surface area contributed by atoms with Crippen LogP contribution in [0.4, 0.5) is 0 Å². The van der Waals surface area contributed by atoms with Crippen molar-refractivity contribution in [2.45, 2.75) is 45.0 Å². The maximum atomic E-state index is 12.9. The summed E-state index contributed by atoms with van der Waals surface area (Å²) in [6.07, 6.45) is 2.96. The summed E-state index contributed by atoms with van der Waals surface area (Å²) in [5.41, 5.74) is 1.63. The van der Waals surface area contributed by atoms with Crippen molar-refractivity contribution >= 4 is 11.8 Å². The smallest absolute Gasteiger partial charge is 0.252 e. The van der Waals surface area contributed by atoms with Crippen molar-refractivity contribution in [1.82, 2.24) is 20.5 Å². The summed E-state index contributed by atoms with van der Waals surface area (Å²) in [6.45, 7) is 5.79. The maximum Gasteiger partial charge on any atom is 0.252 e. The Morgan fingerprint density at radius 2 is 1.83 bits per heavy atom. The summed E-state index contributed by atoms with van der Waals surface area (Å²) in [4.78, 5) is 31.5. The monoisotopic (exact) mass is 410 g/mol. The Labute approximate surface area is 177 Å². The number of hydrogen-bond donors (Lipinski definition) is 3. The van der Waals surface area contributed by atoms with Gasteiger partial charge in [-0.05, 0) is 30.0 Å². The predicted molar refractivity (Wildman–Crippen MR) is 115 cm³/mol. The molecule has 2 heterocycles.